The van der Waals surface area contributed by atoms with Crippen LogP contribution in [0.2, 0.25) is 0 Å². The largest absolute Gasteiger partial charge is 0.481 e. The molecule has 0 aromatic rings. The highest BCUT2D eigenvalue weighted by Crippen LogP contribution is 2.19. The number of quaternary nitrogens is 1. The second kappa shape index (κ2) is 30.4. The zero-order valence-electron chi connectivity index (χ0n) is 28.1. The highest BCUT2D eigenvalue weighted by molar-refractivity contribution is 5.67. The fourth-order valence-corrected chi connectivity index (χ4v) is 6.42. The minimum Gasteiger partial charge on any atom is -0.481 e. The summed E-state index contributed by atoms with van der Waals surface area (Å²) in [4.78, 5) is 33.3. The van der Waals surface area contributed by atoms with Gasteiger partial charge in [-0.25, -0.2) is 0 Å². The average Bonchev–Trinajstić information content (AvgIpc) is 2.95. The van der Waals surface area contributed by atoms with Crippen molar-refractivity contribution in [2.24, 2.45) is 0 Å². The number of carbonyl (C=O) groups is 3. The summed E-state index contributed by atoms with van der Waals surface area (Å²) in [5.74, 6) is -2.46. The summed E-state index contributed by atoms with van der Waals surface area (Å²) in [6.45, 7) is 5.17. The van der Waals surface area contributed by atoms with E-state index in [4.69, 9.17) is 15.3 Å². The highest BCUT2D eigenvalue weighted by atomic mass is 16.4. The Bertz CT molecular complexity index is 618. The second-order valence-electron chi connectivity index (χ2n) is 13.2. The number of hydrogen-bond donors (Lipinski definition) is 3. The van der Waals surface area contributed by atoms with E-state index in [0.717, 1.165) is 19.4 Å². The van der Waals surface area contributed by atoms with E-state index in [1.807, 2.05) is 0 Å². The first-order valence-electron chi connectivity index (χ1n) is 18.3. The normalized spacial score (nSPS) is 11.7. The maximum atomic E-state index is 11.1. The quantitative estimate of drug-likeness (QED) is 0.0485. The summed E-state index contributed by atoms with van der Waals surface area (Å²) in [7, 11) is 0. The summed E-state index contributed by atoms with van der Waals surface area (Å²) in [5.41, 5.74) is 0. The van der Waals surface area contributed by atoms with E-state index in [9.17, 15) is 14.4 Å². The number of aliphatic carboxylic acids is 3. The van der Waals surface area contributed by atoms with Crippen molar-refractivity contribution in [1.29, 1.82) is 0 Å². The lowest BCUT2D eigenvalue weighted by molar-refractivity contribution is -0.929. The number of unbranched alkanes of at least 4 members (excludes halogenated alkanes) is 21. The lowest BCUT2D eigenvalue weighted by Crippen LogP contribution is -2.51. The number of hydrogen-bond acceptors (Lipinski definition) is 3. The Morgan fingerprint density at radius 2 is 0.558 bits per heavy atom. The lowest BCUT2D eigenvalue weighted by atomic mass is 10.0. The molecule has 0 aromatic carbocycles. The lowest BCUT2D eigenvalue weighted by Gasteiger charge is -2.39. The maximum absolute atomic E-state index is 11.1. The van der Waals surface area contributed by atoms with Gasteiger partial charge < -0.3 is 19.8 Å². The zero-order chi connectivity index (χ0) is 31.9. The molecule has 3 N–H and O–H groups in total. The molecule has 0 aliphatic carbocycles. The van der Waals surface area contributed by atoms with Gasteiger partial charge >= 0.3 is 17.9 Å². The summed E-state index contributed by atoms with van der Waals surface area (Å²) in [6.07, 6.45) is 31.6. The molecule has 0 fully saturated rings. The first-order valence-corrected chi connectivity index (χ1v) is 18.3. The van der Waals surface area contributed by atoms with Crippen molar-refractivity contribution in [1.82, 2.24) is 0 Å². The van der Waals surface area contributed by atoms with E-state index >= 15 is 0 Å². The van der Waals surface area contributed by atoms with Gasteiger partial charge in [0.1, 0.15) is 0 Å². The molecule has 7 heteroatoms. The summed E-state index contributed by atoms with van der Waals surface area (Å²) >= 11 is 0. The molecule has 0 aromatic heterocycles. The third-order valence-corrected chi connectivity index (χ3v) is 9.06. The molecule has 0 heterocycles. The van der Waals surface area contributed by atoms with E-state index in [0.29, 0.717) is 43.4 Å². The van der Waals surface area contributed by atoms with Gasteiger partial charge in [0.15, 0.2) is 0 Å². The van der Waals surface area contributed by atoms with Gasteiger partial charge in [-0.2, -0.15) is 0 Å². The van der Waals surface area contributed by atoms with Crippen LogP contribution in [0.15, 0.2) is 0 Å². The van der Waals surface area contributed by atoms with Crippen LogP contribution >= 0.6 is 0 Å². The van der Waals surface area contributed by atoms with E-state index in [-0.39, 0.29) is 19.3 Å². The van der Waals surface area contributed by atoms with Crippen LogP contribution in [0.25, 0.3) is 0 Å². The molecule has 0 rings (SSSR count). The molecule has 0 aliphatic heterocycles. The van der Waals surface area contributed by atoms with Gasteiger partial charge in [-0.1, -0.05) is 135 Å². The molecular formula is C36H70NO6+. The molecule has 0 saturated carbocycles. The van der Waals surface area contributed by atoms with Crippen LogP contribution in [0.4, 0.5) is 0 Å². The Hall–Kier alpha value is -1.63. The van der Waals surface area contributed by atoms with Crippen molar-refractivity contribution in [2.75, 3.05) is 26.2 Å². The maximum Gasteiger partial charge on any atom is 0.303 e. The topological polar surface area (TPSA) is 112 Å². The average molecular weight is 613 g/mol. The number of rotatable bonds is 35. The predicted octanol–water partition coefficient (Wildman–Crippen LogP) is 10.00. The van der Waals surface area contributed by atoms with Crippen molar-refractivity contribution in [3.63, 3.8) is 0 Å². The van der Waals surface area contributed by atoms with Gasteiger partial charge in [0, 0.05) is 19.3 Å². The van der Waals surface area contributed by atoms with Gasteiger partial charge in [-0.3, -0.25) is 14.4 Å². The fraction of sp³-hybridized carbons (Fsp3) is 0.917. The Kier molecular flexibility index (Phi) is 29.2. The molecule has 0 spiro atoms. The molecule has 254 valence electrons. The number of nitrogens with zero attached hydrogens (tertiary/aromatic N) is 1. The van der Waals surface area contributed by atoms with Gasteiger partial charge in [0.05, 0.1) is 45.4 Å². The van der Waals surface area contributed by atoms with E-state index in [1.165, 1.54) is 128 Å². The van der Waals surface area contributed by atoms with Gasteiger partial charge in [-0.05, 0) is 12.8 Å². The molecule has 0 radical (unpaired) electrons. The smallest absolute Gasteiger partial charge is 0.303 e. The standard InChI is InChI=1S/C36H69NO6/c1-2-3-4-5-6-7-8-9-10-11-12-13-14-15-16-17-18-19-20-21-22-23-30-37(31-24-27-34(38)39,32-25-28-35(40)41)33-26-29-36(42)43/h2-33H2,1H3,(H2-,38,39,40,41,42,43)/p+1. The van der Waals surface area contributed by atoms with Crippen LogP contribution in [0.5, 0.6) is 0 Å². The Morgan fingerprint density at radius 1 is 0.349 bits per heavy atom. The van der Waals surface area contributed by atoms with Crippen LogP contribution in [0.3, 0.4) is 0 Å². The Morgan fingerprint density at radius 3 is 0.791 bits per heavy atom. The minimum atomic E-state index is -0.821. The summed E-state index contributed by atoms with van der Waals surface area (Å²) < 4.78 is 0.646. The Labute approximate surface area is 264 Å². The zero-order valence-corrected chi connectivity index (χ0v) is 28.1. The van der Waals surface area contributed by atoms with Crippen molar-refractivity contribution in [3.05, 3.63) is 0 Å². The second-order valence-corrected chi connectivity index (χ2v) is 13.2. The van der Waals surface area contributed by atoms with Crippen molar-refractivity contribution in [2.45, 2.75) is 187 Å². The van der Waals surface area contributed by atoms with E-state index in [1.54, 1.807) is 0 Å². The van der Waals surface area contributed by atoms with Crippen LogP contribution < -0.4 is 0 Å². The monoisotopic (exact) mass is 613 g/mol. The third-order valence-electron chi connectivity index (χ3n) is 9.06. The fourth-order valence-electron chi connectivity index (χ4n) is 6.42. The summed E-state index contributed by atoms with van der Waals surface area (Å²) in [5, 5.41) is 27.3. The van der Waals surface area contributed by atoms with Crippen LogP contribution in [-0.2, 0) is 14.4 Å². The van der Waals surface area contributed by atoms with Gasteiger partial charge in [0.2, 0.25) is 0 Å². The van der Waals surface area contributed by atoms with Crippen molar-refractivity contribution >= 4 is 17.9 Å². The molecule has 0 atom stereocenters. The van der Waals surface area contributed by atoms with E-state index < -0.39 is 17.9 Å². The van der Waals surface area contributed by atoms with Crippen LogP contribution in [0.1, 0.15) is 187 Å². The summed E-state index contributed by atoms with van der Waals surface area (Å²) in [6, 6.07) is 0. The third kappa shape index (κ3) is 30.2. The molecule has 0 amide bonds. The molecule has 7 nitrogen and oxygen atoms in total. The molecule has 0 aliphatic rings. The van der Waals surface area contributed by atoms with Crippen molar-refractivity contribution in [3.8, 4) is 0 Å². The molecule has 43 heavy (non-hydrogen) atoms. The minimum absolute atomic E-state index is 0.0945. The molecule has 0 unspecified atom stereocenters. The Balaban J connectivity index is 3.95. The number of carboxylic acids is 3. The van der Waals surface area contributed by atoms with E-state index in [2.05, 4.69) is 6.92 Å². The van der Waals surface area contributed by atoms with Crippen molar-refractivity contribution < 1.29 is 34.2 Å². The van der Waals surface area contributed by atoms with Gasteiger partial charge in [-0.15, -0.1) is 0 Å². The predicted molar refractivity (Wildman–Crippen MR) is 178 cm³/mol. The first-order chi connectivity index (χ1) is 20.8. The van der Waals surface area contributed by atoms with Crippen LogP contribution in [-0.4, -0.2) is 63.9 Å². The number of carboxylic acid groups (broad SMARTS) is 3. The first kappa shape index (κ1) is 41.4. The highest BCUT2D eigenvalue weighted by Gasteiger charge is 2.27. The SMILES string of the molecule is CCCCCCCCCCCCCCCCCCCCCCCC[N+](CCCC(=O)O)(CCCC(=O)O)CCCC(=O)O. The molecule has 0 saturated heterocycles. The molecular weight excluding hydrogens is 542 g/mol. The van der Waals surface area contributed by atoms with Crippen LogP contribution in [0, 0.1) is 0 Å². The molecule has 0 bridgehead atoms. The van der Waals surface area contributed by atoms with Gasteiger partial charge in [0.25, 0.3) is 0 Å².